The minimum Gasteiger partial charge on any atom is -0.374 e. The summed E-state index contributed by atoms with van der Waals surface area (Å²) < 4.78 is 6.10. The molecule has 0 aromatic heterocycles. The Labute approximate surface area is 245 Å². The van der Waals surface area contributed by atoms with Gasteiger partial charge in [0.15, 0.2) is 5.78 Å². The minimum atomic E-state index is -0.716. The molecule has 1 aliphatic rings. The van der Waals surface area contributed by atoms with Crippen LogP contribution in [-0.2, 0) is 27.2 Å². The summed E-state index contributed by atoms with van der Waals surface area (Å²) in [5, 5.41) is 0. The van der Waals surface area contributed by atoms with Crippen molar-refractivity contribution in [3.05, 3.63) is 106 Å². The first kappa shape index (κ1) is 30.6. The predicted molar refractivity (Wildman–Crippen MR) is 164 cm³/mol. The Morgan fingerprint density at radius 3 is 2.24 bits per heavy atom. The number of ketones is 3. The first-order chi connectivity index (χ1) is 19.5. The second-order valence-corrected chi connectivity index (χ2v) is 12.4. The lowest BCUT2D eigenvalue weighted by Gasteiger charge is -2.30. The van der Waals surface area contributed by atoms with Crippen LogP contribution >= 0.6 is 0 Å². The van der Waals surface area contributed by atoms with E-state index in [4.69, 9.17) is 4.74 Å². The molecular weight excluding hydrogens is 508 g/mol. The van der Waals surface area contributed by atoms with Crippen LogP contribution in [0.15, 0.2) is 72.8 Å². The van der Waals surface area contributed by atoms with E-state index >= 15 is 0 Å². The molecule has 3 aromatic rings. The van der Waals surface area contributed by atoms with Crippen LogP contribution in [0.5, 0.6) is 0 Å². The van der Waals surface area contributed by atoms with Crippen LogP contribution in [-0.4, -0.2) is 29.6 Å². The van der Waals surface area contributed by atoms with Crippen LogP contribution in [0.2, 0.25) is 0 Å². The molecule has 1 fully saturated rings. The average Bonchev–Trinajstić information content (AvgIpc) is 3.28. The highest BCUT2D eigenvalue weighted by Gasteiger charge is 2.51. The Bertz CT molecular complexity index is 1390. The van der Waals surface area contributed by atoms with Crippen LogP contribution in [0, 0.1) is 44.4 Å². The van der Waals surface area contributed by atoms with Gasteiger partial charge in [-0.1, -0.05) is 79.7 Å². The molecular formula is C37H44O4. The number of benzene rings is 3. The topological polar surface area (TPSA) is 60.4 Å². The third-order valence-electron chi connectivity index (χ3n) is 9.25. The Hall–Kier alpha value is -3.37. The van der Waals surface area contributed by atoms with E-state index in [0.29, 0.717) is 19.3 Å². The number of carbonyl (C=O) groups is 3. The van der Waals surface area contributed by atoms with Crippen molar-refractivity contribution in [3.8, 4) is 0 Å². The van der Waals surface area contributed by atoms with E-state index in [-0.39, 0.29) is 36.3 Å². The van der Waals surface area contributed by atoms with Gasteiger partial charge in [0.25, 0.3) is 0 Å². The second kappa shape index (κ2) is 13.1. The SMILES string of the molecule is Cc1ccccc1CCC(=O)C1C(C(=O)C(C)C(CC(=O)c2cccc(C)c2C)Cc2ccccc2)COC1(C)C. The Morgan fingerprint density at radius 1 is 0.878 bits per heavy atom. The Morgan fingerprint density at radius 2 is 1.54 bits per heavy atom. The summed E-state index contributed by atoms with van der Waals surface area (Å²) in [6, 6.07) is 24.0. The van der Waals surface area contributed by atoms with E-state index in [0.717, 1.165) is 27.8 Å². The molecule has 3 aromatic carbocycles. The van der Waals surface area contributed by atoms with Gasteiger partial charge in [-0.05, 0) is 81.2 Å². The summed E-state index contributed by atoms with van der Waals surface area (Å²) in [7, 11) is 0. The van der Waals surface area contributed by atoms with Gasteiger partial charge in [0, 0.05) is 24.3 Å². The molecule has 4 atom stereocenters. The normalized spacial score (nSPS) is 19.5. The monoisotopic (exact) mass is 552 g/mol. The molecule has 4 unspecified atom stereocenters. The van der Waals surface area contributed by atoms with E-state index in [2.05, 4.69) is 19.1 Å². The maximum Gasteiger partial charge on any atom is 0.163 e. The lowest BCUT2D eigenvalue weighted by atomic mass is 9.71. The highest BCUT2D eigenvalue weighted by Crippen LogP contribution is 2.41. The molecule has 0 bridgehead atoms. The van der Waals surface area contributed by atoms with Crippen molar-refractivity contribution in [2.45, 2.75) is 72.8 Å². The van der Waals surface area contributed by atoms with Gasteiger partial charge in [-0.2, -0.15) is 0 Å². The number of ether oxygens (including phenoxy) is 1. The maximum atomic E-state index is 14.2. The Kier molecular flexibility index (Phi) is 9.76. The summed E-state index contributed by atoms with van der Waals surface area (Å²) in [6.45, 7) is 12.1. The lowest BCUT2D eigenvalue weighted by Crippen LogP contribution is -2.41. The van der Waals surface area contributed by atoms with Gasteiger partial charge < -0.3 is 4.74 Å². The Balaban J connectivity index is 1.56. The molecule has 0 amide bonds. The second-order valence-electron chi connectivity index (χ2n) is 12.4. The molecule has 0 aliphatic carbocycles. The highest BCUT2D eigenvalue weighted by atomic mass is 16.5. The van der Waals surface area contributed by atoms with Crippen LogP contribution in [0.4, 0.5) is 0 Å². The maximum absolute atomic E-state index is 14.2. The summed E-state index contributed by atoms with van der Waals surface area (Å²) in [4.78, 5) is 41.5. The van der Waals surface area contributed by atoms with Crippen LogP contribution in [0.1, 0.15) is 71.8 Å². The summed E-state index contributed by atoms with van der Waals surface area (Å²) in [6.07, 6.45) is 1.91. The van der Waals surface area contributed by atoms with E-state index in [1.54, 1.807) is 0 Å². The van der Waals surface area contributed by atoms with Crippen LogP contribution in [0.3, 0.4) is 0 Å². The lowest BCUT2D eigenvalue weighted by molar-refractivity contribution is -0.135. The summed E-state index contributed by atoms with van der Waals surface area (Å²) in [5.74, 6) is -1.46. The van der Waals surface area contributed by atoms with Crippen molar-refractivity contribution >= 4 is 17.3 Å². The average molecular weight is 553 g/mol. The van der Waals surface area contributed by atoms with Crippen molar-refractivity contribution in [2.24, 2.45) is 23.7 Å². The van der Waals surface area contributed by atoms with Crippen LogP contribution in [0.25, 0.3) is 0 Å². The van der Waals surface area contributed by atoms with Gasteiger partial charge >= 0.3 is 0 Å². The first-order valence-electron chi connectivity index (χ1n) is 14.9. The fourth-order valence-electron chi connectivity index (χ4n) is 6.45. The van der Waals surface area contributed by atoms with Gasteiger partial charge in [-0.15, -0.1) is 0 Å². The molecule has 4 heteroatoms. The molecule has 216 valence electrons. The zero-order valence-corrected chi connectivity index (χ0v) is 25.4. The molecule has 1 saturated heterocycles. The number of hydrogen-bond acceptors (Lipinski definition) is 4. The van der Waals surface area contributed by atoms with E-state index in [1.807, 2.05) is 95.3 Å². The standard InChI is InChI=1S/C37H44O4/c1-24-14-12-18-31(26(24)3)34(39)22-30(21-28-15-8-7-9-16-28)27(4)36(40)32-23-41-37(5,6)35(32)33(38)20-19-29-17-11-10-13-25(29)2/h7-18,27,30,32,35H,19-23H2,1-6H3. The molecule has 1 aliphatic heterocycles. The fourth-order valence-corrected chi connectivity index (χ4v) is 6.45. The molecule has 0 saturated carbocycles. The molecule has 4 rings (SSSR count). The van der Waals surface area contributed by atoms with Crippen molar-refractivity contribution in [3.63, 3.8) is 0 Å². The largest absolute Gasteiger partial charge is 0.374 e. The van der Waals surface area contributed by atoms with E-state index in [9.17, 15) is 14.4 Å². The third kappa shape index (κ3) is 7.11. The molecule has 0 N–H and O–H groups in total. The number of Topliss-reactive ketones (excluding diaryl/α,β-unsaturated/α-hetero) is 3. The summed E-state index contributed by atoms with van der Waals surface area (Å²) in [5.41, 5.74) is 5.49. The van der Waals surface area contributed by atoms with Crippen LogP contribution < -0.4 is 0 Å². The highest BCUT2D eigenvalue weighted by molar-refractivity contribution is 5.98. The molecule has 41 heavy (non-hydrogen) atoms. The smallest absolute Gasteiger partial charge is 0.163 e. The summed E-state index contributed by atoms with van der Waals surface area (Å²) >= 11 is 0. The molecule has 4 nitrogen and oxygen atoms in total. The first-order valence-corrected chi connectivity index (χ1v) is 14.9. The van der Waals surface area contributed by atoms with Crippen molar-refractivity contribution in [1.82, 2.24) is 0 Å². The van der Waals surface area contributed by atoms with Crippen molar-refractivity contribution in [2.75, 3.05) is 6.61 Å². The molecule has 1 heterocycles. The zero-order chi connectivity index (χ0) is 29.7. The van der Waals surface area contributed by atoms with Gasteiger partial charge in [0.05, 0.1) is 24.0 Å². The predicted octanol–water partition coefficient (Wildman–Crippen LogP) is 7.49. The van der Waals surface area contributed by atoms with Gasteiger partial charge in [-0.25, -0.2) is 0 Å². The van der Waals surface area contributed by atoms with Gasteiger partial charge in [0.2, 0.25) is 0 Å². The quantitative estimate of drug-likeness (QED) is 0.218. The number of rotatable bonds is 12. The molecule has 0 spiro atoms. The number of hydrogen-bond donors (Lipinski definition) is 0. The van der Waals surface area contributed by atoms with Crippen molar-refractivity contribution < 1.29 is 19.1 Å². The van der Waals surface area contributed by atoms with Gasteiger partial charge in [-0.3, -0.25) is 14.4 Å². The van der Waals surface area contributed by atoms with E-state index in [1.165, 1.54) is 5.56 Å². The third-order valence-corrected chi connectivity index (χ3v) is 9.25. The zero-order valence-electron chi connectivity index (χ0n) is 25.4. The number of aryl methyl sites for hydroxylation is 3. The van der Waals surface area contributed by atoms with Gasteiger partial charge in [0.1, 0.15) is 11.6 Å². The van der Waals surface area contributed by atoms with Crippen molar-refractivity contribution in [1.29, 1.82) is 0 Å². The van der Waals surface area contributed by atoms with E-state index < -0.39 is 23.4 Å². The number of carbonyl (C=O) groups excluding carboxylic acids is 3. The minimum absolute atomic E-state index is 0.0273. The molecule has 0 radical (unpaired) electrons. The fraction of sp³-hybridized carbons (Fsp3) is 0.432.